The van der Waals surface area contributed by atoms with Gasteiger partial charge in [0.1, 0.15) is 10.8 Å². The van der Waals surface area contributed by atoms with Crippen molar-refractivity contribution in [2.24, 2.45) is 5.10 Å². The Morgan fingerprint density at radius 3 is 3.10 bits per heavy atom. The van der Waals surface area contributed by atoms with Gasteiger partial charge in [0.25, 0.3) is 0 Å². The third kappa shape index (κ3) is 4.21. The summed E-state index contributed by atoms with van der Waals surface area (Å²) in [6.07, 6.45) is 1.43. The second-order valence-corrected chi connectivity index (χ2v) is 5.88. The van der Waals surface area contributed by atoms with Crippen molar-refractivity contribution < 1.29 is 9.18 Å². The van der Waals surface area contributed by atoms with Gasteiger partial charge in [-0.15, -0.1) is 11.3 Å². The second-order valence-electron chi connectivity index (χ2n) is 4.02. The normalized spacial score (nSPS) is 10.9. The molecule has 0 fully saturated rings. The minimum absolute atomic E-state index is 0.164. The zero-order valence-electron chi connectivity index (χ0n) is 10.6. The van der Waals surface area contributed by atoms with Crippen molar-refractivity contribution in [2.45, 2.75) is 13.3 Å². The summed E-state index contributed by atoms with van der Waals surface area (Å²) in [6.45, 7) is 1.87. The van der Waals surface area contributed by atoms with E-state index in [-0.39, 0.29) is 12.3 Å². The van der Waals surface area contributed by atoms with Crippen LogP contribution in [0.2, 0.25) is 0 Å². The molecule has 20 heavy (non-hydrogen) atoms. The number of aryl methyl sites for hydroxylation is 1. The molecule has 0 aliphatic carbocycles. The van der Waals surface area contributed by atoms with Gasteiger partial charge in [-0.05, 0) is 25.1 Å². The first-order valence-electron chi connectivity index (χ1n) is 5.72. The van der Waals surface area contributed by atoms with Gasteiger partial charge in [-0.1, -0.05) is 15.9 Å². The minimum atomic E-state index is -0.401. The van der Waals surface area contributed by atoms with E-state index in [0.717, 1.165) is 15.2 Å². The Balaban J connectivity index is 1.92. The zero-order valence-corrected chi connectivity index (χ0v) is 13.0. The van der Waals surface area contributed by atoms with Gasteiger partial charge in [0.05, 0.1) is 12.6 Å². The third-order valence-electron chi connectivity index (χ3n) is 2.33. The highest BCUT2D eigenvalue weighted by molar-refractivity contribution is 9.10. The number of carbonyl (C=O) groups excluding carboxylic acids is 1. The van der Waals surface area contributed by atoms with Crippen LogP contribution in [-0.2, 0) is 11.2 Å². The largest absolute Gasteiger partial charge is 0.273 e. The van der Waals surface area contributed by atoms with Gasteiger partial charge in [0.15, 0.2) is 0 Å². The van der Waals surface area contributed by atoms with Crippen LogP contribution in [0.5, 0.6) is 0 Å². The Kier molecular flexibility index (Phi) is 4.97. The van der Waals surface area contributed by atoms with E-state index < -0.39 is 5.82 Å². The number of benzene rings is 1. The standard InChI is InChI=1S/C13H11BrFN3OS/c1-8-7-20-13(17-8)5-12(19)18-16-6-9-4-10(14)2-3-11(9)15/h2-4,6-7H,5H2,1H3,(H,18,19)/b16-6+. The Hall–Kier alpha value is -1.60. The Morgan fingerprint density at radius 1 is 1.60 bits per heavy atom. The maximum atomic E-state index is 13.4. The molecule has 0 saturated carbocycles. The molecule has 1 aromatic carbocycles. The molecular formula is C13H11BrFN3OS. The van der Waals surface area contributed by atoms with Crippen LogP contribution in [0.25, 0.3) is 0 Å². The highest BCUT2D eigenvalue weighted by atomic mass is 79.9. The monoisotopic (exact) mass is 355 g/mol. The summed E-state index contributed by atoms with van der Waals surface area (Å²) in [6, 6.07) is 4.50. The van der Waals surface area contributed by atoms with Crippen LogP contribution >= 0.6 is 27.3 Å². The number of hydrazone groups is 1. The number of carbonyl (C=O) groups is 1. The van der Waals surface area contributed by atoms with Crippen LogP contribution in [-0.4, -0.2) is 17.1 Å². The smallest absolute Gasteiger partial charge is 0.246 e. The fraction of sp³-hybridized carbons (Fsp3) is 0.154. The van der Waals surface area contributed by atoms with Crippen LogP contribution in [0.4, 0.5) is 4.39 Å². The Labute approximate surface area is 127 Å². The molecule has 0 aliphatic heterocycles. The summed E-state index contributed by atoms with van der Waals surface area (Å²) >= 11 is 4.66. The number of thiazole rings is 1. The van der Waals surface area contributed by atoms with Crippen molar-refractivity contribution >= 4 is 39.4 Å². The Bertz CT molecular complexity index is 657. The van der Waals surface area contributed by atoms with Gasteiger partial charge >= 0.3 is 0 Å². The molecule has 1 aromatic heterocycles. The van der Waals surface area contributed by atoms with Gasteiger partial charge in [0, 0.05) is 21.1 Å². The maximum Gasteiger partial charge on any atom is 0.246 e. The van der Waals surface area contributed by atoms with Crippen LogP contribution in [0.1, 0.15) is 16.3 Å². The summed E-state index contributed by atoms with van der Waals surface area (Å²) in [5.41, 5.74) is 3.53. The molecule has 0 saturated heterocycles. The van der Waals surface area contributed by atoms with Crippen molar-refractivity contribution in [1.29, 1.82) is 0 Å². The topological polar surface area (TPSA) is 54.4 Å². The number of rotatable bonds is 4. The predicted octanol–water partition coefficient (Wildman–Crippen LogP) is 3.05. The molecule has 2 rings (SSSR count). The van der Waals surface area contributed by atoms with Gasteiger partial charge in [-0.2, -0.15) is 5.10 Å². The minimum Gasteiger partial charge on any atom is -0.273 e. The molecule has 0 bridgehead atoms. The number of amides is 1. The van der Waals surface area contributed by atoms with Gasteiger partial charge in [-0.3, -0.25) is 4.79 Å². The molecule has 1 heterocycles. The first-order valence-corrected chi connectivity index (χ1v) is 7.40. The molecule has 0 radical (unpaired) electrons. The summed E-state index contributed by atoms with van der Waals surface area (Å²) in [5, 5.41) is 6.34. The molecule has 104 valence electrons. The fourth-order valence-corrected chi connectivity index (χ4v) is 2.60. The molecule has 0 unspecified atom stereocenters. The lowest BCUT2D eigenvalue weighted by molar-refractivity contribution is -0.120. The zero-order chi connectivity index (χ0) is 14.5. The second kappa shape index (κ2) is 6.71. The van der Waals surface area contributed by atoms with E-state index in [9.17, 15) is 9.18 Å². The molecule has 7 heteroatoms. The van der Waals surface area contributed by atoms with Gasteiger partial charge in [0.2, 0.25) is 5.91 Å². The van der Waals surface area contributed by atoms with E-state index in [0.29, 0.717) is 5.56 Å². The fourth-order valence-electron chi connectivity index (χ4n) is 1.45. The average Bonchev–Trinajstić information content (AvgIpc) is 2.79. The molecule has 0 aliphatic rings. The summed E-state index contributed by atoms with van der Waals surface area (Å²) < 4.78 is 14.2. The molecular weight excluding hydrogens is 345 g/mol. The number of hydrogen-bond donors (Lipinski definition) is 1. The van der Waals surface area contributed by atoms with Crippen molar-refractivity contribution in [3.05, 3.63) is 50.1 Å². The molecule has 2 aromatic rings. The summed E-state index contributed by atoms with van der Waals surface area (Å²) in [7, 11) is 0. The molecule has 0 atom stereocenters. The van der Waals surface area contributed by atoms with E-state index in [1.54, 1.807) is 12.1 Å². The lowest BCUT2D eigenvalue weighted by Crippen LogP contribution is -2.19. The van der Waals surface area contributed by atoms with Crippen molar-refractivity contribution in [3.8, 4) is 0 Å². The number of nitrogens with one attached hydrogen (secondary N) is 1. The number of halogens is 2. The molecule has 0 spiro atoms. The van der Waals surface area contributed by atoms with Crippen molar-refractivity contribution in [2.75, 3.05) is 0 Å². The Morgan fingerprint density at radius 2 is 2.40 bits per heavy atom. The van der Waals surface area contributed by atoms with Crippen LogP contribution < -0.4 is 5.43 Å². The lowest BCUT2D eigenvalue weighted by atomic mass is 10.2. The number of aromatic nitrogens is 1. The van der Waals surface area contributed by atoms with E-state index in [1.807, 2.05) is 12.3 Å². The highest BCUT2D eigenvalue weighted by Crippen LogP contribution is 2.13. The van der Waals surface area contributed by atoms with E-state index in [2.05, 4.69) is 31.4 Å². The van der Waals surface area contributed by atoms with E-state index in [1.165, 1.54) is 23.6 Å². The SMILES string of the molecule is Cc1csc(CC(=O)N/N=C/c2cc(Br)ccc2F)n1. The van der Waals surface area contributed by atoms with Gasteiger partial charge in [-0.25, -0.2) is 14.8 Å². The highest BCUT2D eigenvalue weighted by Gasteiger charge is 2.05. The number of nitrogens with zero attached hydrogens (tertiary/aromatic N) is 2. The van der Waals surface area contributed by atoms with E-state index >= 15 is 0 Å². The summed E-state index contributed by atoms with van der Waals surface area (Å²) in [4.78, 5) is 15.8. The lowest BCUT2D eigenvalue weighted by Gasteiger charge is -1.99. The summed E-state index contributed by atoms with van der Waals surface area (Å²) in [5.74, 6) is -0.687. The first-order chi connectivity index (χ1) is 9.54. The first kappa shape index (κ1) is 14.8. The average molecular weight is 356 g/mol. The van der Waals surface area contributed by atoms with Crippen LogP contribution in [0.15, 0.2) is 33.2 Å². The van der Waals surface area contributed by atoms with Crippen molar-refractivity contribution in [1.82, 2.24) is 10.4 Å². The van der Waals surface area contributed by atoms with Gasteiger partial charge < -0.3 is 0 Å². The quantitative estimate of drug-likeness (QED) is 0.676. The predicted molar refractivity (Wildman–Crippen MR) is 80.4 cm³/mol. The maximum absolute atomic E-state index is 13.4. The molecule has 1 amide bonds. The van der Waals surface area contributed by atoms with Crippen LogP contribution in [0, 0.1) is 12.7 Å². The van der Waals surface area contributed by atoms with Crippen LogP contribution in [0.3, 0.4) is 0 Å². The number of hydrogen-bond acceptors (Lipinski definition) is 4. The molecule has 4 nitrogen and oxygen atoms in total. The molecule has 1 N–H and O–H groups in total. The van der Waals surface area contributed by atoms with Crippen molar-refractivity contribution in [3.63, 3.8) is 0 Å². The third-order valence-corrected chi connectivity index (χ3v) is 3.79. The van der Waals surface area contributed by atoms with E-state index in [4.69, 9.17) is 0 Å².